The summed E-state index contributed by atoms with van der Waals surface area (Å²) in [6.45, 7) is 5.28. The highest BCUT2D eigenvalue weighted by atomic mass is 35.5. The van der Waals surface area contributed by atoms with E-state index in [-0.39, 0.29) is 0 Å². The SMILES string of the molecule is CCNCC(C)S(=O)(=O)N(C)Cc1ccc(Cl)s1. The minimum absolute atomic E-state index is 0.371. The molecule has 0 aromatic carbocycles. The Bertz CT molecular complexity index is 473. The van der Waals surface area contributed by atoms with Crippen molar-refractivity contribution < 1.29 is 8.42 Å². The number of halogens is 1. The number of sulfonamides is 1. The van der Waals surface area contributed by atoms with Crippen molar-refractivity contribution in [3.8, 4) is 0 Å². The number of hydrogen-bond donors (Lipinski definition) is 1. The van der Waals surface area contributed by atoms with Gasteiger partial charge in [-0.1, -0.05) is 18.5 Å². The molecule has 1 rings (SSSR count). The van der Waals surface area contributed by atoms with Crippen LogP contribution in [0.3, 0.4) is 0 Å². The van der Waals surface area contributed by atoms with Crippen LogP contribution in [-0.2, 0) is 16.6 Å². The first kappa shape index (κ1) is 15.9. The Balaban J connectivity index is 2.66. The lowest BCUT2D eigenvalue weighted by atomic mass is 10.5. The summed E-state index contributed by atoms with van der Waals surface area (Å²) in [5.74, 6) is 0. The van der Waals surface area contributed by atoms with Crippen LogP contribution in [0.15, 0.2) is 12.1 Å². The molecular weight excluding hydrogens is 292 g/mol. The third kappa shape index (κ3) is 4.20. The van der Waals surface area contributed by atoms with Gasteiger partial charge in [-0.05, 0) is 25.6 Å². The highest BCUT2D eigenvalue weighted by molar-refractivity contribution is 7.89. The third-order valence-electron chi connectivity index (χ3n) is 2.63. The summed E-state index contributed by atoms with van der Waals surface area (Å²) < 4.78 is 26.5. The summed E-state index contributed by atoms with van der Waals surface area (Å²) in [5, 5.41) is 2.62. The van der Waals surface area contributed by atoms with Crippen LogP contribution in [0, 0.1) is 0 Å². The van der Waals surface area contributed by atoms with Crippen LogP contribution in [0.5, 0.6) is 0 Å². The van der Waals surface area contributed by atoms with Crippen molar-refractivity contribution in [2.45, 2.75) is 25.6 Å². The first-order valence-electron chi connectivity index (χ1n) is 5.78. The zero-order chi connectivity index (χ0) is 13.8. The van der Waals surface area contributed by atoms with E-state index < -0.39 is 15.3 Å². The molecule has 1 heterocycles. The quantitative estimate of drug-likeness (QED) is 0.839. The fourth-order valence-corrected chi connectivity index (χ4v) is 3.99. The molecular formula is C11H19ClN2O2S2. The molecule has 4 nitrogen and oxygen atoms in total. The molecule has 0 fully saturated rings. The Morgan fingerprint density at radius 3 is 2.67 bits per heavy atom. The molecule has 1 atom stereocenters. The van der Waals surface area contributed by atoms with Gasteiger partial charge in [-0.3, -0.25) is 0 Å². The molecule has 0 aliphatic heterocycles. The molecule has 0 aliphatic carbocycles. The van der Waals surface area contributed by atoms with Crippen molar-refractivity contribution in [2.24, 2.45) is 0 Å². The lowest BCUT2D eigenvalue weighted by Gasteiger charge is -2.21. The molecule has 1 N–H and O–H groups in total. The molecule has 104 valence electrons. The largest absolute Gasteiger partial charge is 0.316 e. The molecule has 0 aliphatic rings. The van der Waals surface area contributed by atoms with Crippen LogP contribution in [0.1, 0.15) is 18.7 Å². The summed E-state index contributed by atoms with van der Waals surface area (Å²) in [4.78, 5) is 0.946. The van der Waals surface area contributed by atoms with Crippen LogP contribution < -0.4 is 5.32 Å². The van der Waals surface area contributed by atoms with E-state index >= 15 is 0 Å². The van der Waals surface area contributed by atoms with Gasteiger partial charge in [-0.25, -0.2) is 8.42 Å². The second kappa shape index (κ2) is 6.86. The van der Waals surface area contributed by atoms with Crippen molar-refractivity contribution in [1.82, 2.24) is 9.62 Å². The lowest BCUT2D eigenvalue weighted by Crippen LogP contribution is -2.39. The van der Waals surface area contributed by atoms with Gasteiger partial charge in [0.15, 0.2) is 0 Å². The van der Waals surface area contributed by atoms with E-state index in [4.69, 9.17) is 11.6 Å². The average molecular weight is 311 g/mol. The molecule has 0 radical (unpaired) electrons. The van der Waals surface area contributed by atoms with Gasteiger partial charge in [-0.15, -0.1) is 11.3 Å². The smallest absolute Gasteiger partial charge is 0.218 e. The first-order valence-corrected chi connectivity index (χ1v) is 8.47. The summed E-state index contributed by atoms with van der Waals surface area (Å²) in [6, 6.07) is 3.64. The predicted octanol–water partition coefficient (Wildman–Crippen LogP) is 2.16. The Kier molecular flexibility index (Phi) is 6.07. The normalized spacial score (nSPS) is 14.1. The zero-order valence-electron chi connectivity index (χ0n) is 10.8. The van der Waals surface area contributed by atoms with Gasteiger partial charge in [0.25, 0.3) is 0 Å². The van der Waals surface area contributed by atoms with Gasteiger partial charge in [0.2, 0.25) is 10.0 Å². The van der Waals surface area contributed by atoms with E-state index in [1.54, 1.807) is 20.0 Å². The van der Waals surface area contributed by atoms with E-state index in [9.17, 15) is 8.42 Å². The number of rotatable bonds is 7. The molecule has 0 amide bonds. The molecule has 1 aromatic heterocycles. The van der Waals surface area contributed by atoms with E-state index in [2.05, 4.69) is 5.32 Å². The fraction of sp³-hybridized carbons (Fsp3) is 0.636. The molecule has 0 saturated heterocycles. The van der Waals surface area contributed by atoms with Crippen LogP contribution in [0.4, 0.5) is 0 Å². The lowest BCUT2D eigenvalue weighted by molar-refractivity contribution is 0.457. The van der Waals surface area contributed by atoms with Gasteiger partial charge in [0.1, 0.15) is 0 Å². The van der Waals surface area contributed by atoms with E-state index in [1.807, 2.05) is 13.0 Å². The minimum atomic E-state index is -3.27. The number of hydrogen-bond acceptors (Lipinski definition) is 4. The van der Waals surface area contributed by atoms with Crippen molar-refractivity contribution in [2.75, 3.05) is 20.1 Å². The van der Waals surface area contributed by atoms with Crippen LogP contribution in [0.2, 0.25) is 4.34 Å². The van der Waals surface area contributed by atoms with E-state index in [1.165, 1.54) is 15.6 Å². The van der Waals surface area contributed by atoms with Gasteiger partial charge in [0, 0.05) is 25.0 Å². The number of nitrogens with one attached hydrogen (secondary N) is 1. The topological polar surface area (TPSA) is 49.4 Å². The second-order valence-corrected chi connectivity index (χ2v) is 8.38. The van der Waals surface area contributed by atoms with Crippen molar-refractivity contribution in [3.63, 3.8) is 0 Å². The number of nitrogens with zero attached hydrogens (tertiary/aromatic N) is 1. The molecule has 1 unspecified atom stereocenters. The second-order valence-electron chi connectivity index (χ2n) is 4.13. The van der Waals surface area contributed by atoms with Crippen molar-refractivity contribution >= 4 is 33.0 Å². The maximum absolute atomic E-state index is 12.2. The van der Waals surface area contributed by atoms with Crippen LogP contribution in [0.25, 0.3) is 0 Å². The molecule has 0 spiro atoms. The molecule has 7 heteroatoms. The maximum atomic E-state index is 12.2. The highest BCUT2D eigenvalue weighted by Crippen LogP contribution is 2.23. The number of thiophene rings is 1. The van der Waals surface area contributed by atoms with Crippen molar-refractivity contribution in [3.05, 3.63) is 21.3 Å². The van der Waals surface area contributed by atoms with Crippen molar-refractivity contribution in [1.29, 1.82) is 0 Å². The Morgan fingerprint density at radius 1 is 1.50 bits per heavy atom. The van der Waals surface area contributed by atoms with Gasteiger partial charge < -0.3 is 5.32 Å². The van der Waals surface area contributed by atoms with Gasteiger partial charge >= 0.3 is 0 Å². The summed E-state index contributed by atoms with van der Waals surface area (Å²) in [6.07, 6.45) is 0. The molecule has 0 saturated carbocycles. The fourth-order valence-electron chi connectivity index (χ4n) is 1.51. The Labute approximate surface area is 118 Å². The van der Waals surface area contributed by atoms with Crippen LogP contribution in [-0.4, -0.2) is 38.1 Å². The zero-order valence-corrected chi connectivity index (χ0v) is 13.2. The third-order valence-corrected chi connectivity index (χ3v) is 6.03. The molecule has 18 heavy (non-hydrogen) atoms. The summed E-state index contributed by atoms with van der Waals surface area (Å²) in [7, 11) is -1.66. The maximum Gasteiger partial charge on any atom is 0.218 e. The predicted molar refractivity (Wildman–Crippen MR) is 77.7 cm³/mol. The van der Waals surface area contributed by atoms with Gasteiger partial charge in [-0.2, -0.15) is 4.31 Å². The van der Waals surface area contributed by atoms with Gasteiger partial charge in [0.05, 0.1) is 9.59 Å². The molecule has 0 bridgehead atoms. The van der Waals surface area contributed by atoms with Crippen LogP contribution >= 0.6 is 22.9 Å². The Hall–Kier alpha value is -0.140. The summed E-state index contributed by atoms with van der Waals surface area (Å²) >= 11 is 7.24. The Morgan fingerprint density at radius 2 is 2.17 bits per heavy atom. The highest BCUT2D eigenvalue weighted by Gasteiger charge is 2.25. The standard InChI is InChI=1S/C11H19ClN2O2S2/c1-4-13-7-9(2)18(15,16)14(3)8-10-5-6-11(12)17-10/h5-6,9,13H,4,7-8H2,1-3H3. The first-order chi connectivity index (χ1) is 8.37. The monoisotopic (exact) mass is 310 g/mol. The summed E-state index contributed by atoms with van der Waals surface area (Å²) in [5.41, 5.74) is 0. The minimum Gasteiger partial charge on any atom is -0.316 e. The van der Waals surface area contributed by atoms with E-state index in [0.29, 0.717) is 17.4 Å². The average Bonchev–Trinajstić information content (AvgIpc) is 2.71. The van der Waals surface area contributed by atoms with E-state index in [0.717, 1.165) is 11.4 Å². The molecule has 1 aromatic rings.